The minimum Gasteiger partial charge on any atom is -0.298 e. The number of benzene rings is 1. The quantitative estimate of drug-likeness (QED) is 0.875. The number of H-pyrrole nitrogens is 1. The third-order valence-electron chi connectivity index (χ3n) is 4.68. The Morgan fingerprint density at radius 2 is 2.09 bits per heavy atom. The van der Waals surface area contributed by atoms with Crippen LogP contribution >= 0.6 is 15.9 Å². The number of halogens is 2. The van der Waals surface area contributed by atoms with Crippen molar-refractivity contribution in [1.29, 1.82) is 0 Å². The van der Waals surface area contributed by atoms with Crippen LogP contribution in [0.5, 0.6) is 0 Å². The number of piperidine rings is 1. The summed E-state index contributed by atoms with van der Waals surface area (Å²) < 4.78 is 14.3. The van der Waals surface area contributed by atoms with Crippen molar-refractivity contribution < 1.29 is 4.39 Å². The number of nitrogens with zero attached hydrogens (tertiary/aromatic N) is 3. The second kappa shape index (κ2) is 6.32. The van der Waals surface area contributed by atoms with Crippen molar-refractivity contribution in [2.24, 2.45) is 0 Å². The summed E-state index contributed by atoms with van der Waals surface area (Å²) in [6.45, 7) is 2.76. The highest BCUT2D eigenvalue weighted by Crippen LogP contribution is 2.38. The third kappa shape index (κ3) is 3.63. The molecule has 1 aliphatic heterocycles. The van der Waals surface area contributed by atoms with Crippen LogP contribution in [-0.2, 0) is 6.54 Å². The second-order valence-corrected chi connectivity index (χ2v) is 7.62. The van der Waals surface area contributed by atoms with Crippen LogP contribution in [0.4, 0.5) is 4.39 Å². The zero-order chi connectivity index (χ0) is 15.8. The Labute approximate surface area is 143 Å². The van der Waals surface area contributed by atoms with Gasteiger partial charge in [-0.2, -0.15) is 5.10 Å². The summed E-state index contributed by atoms with van der Waals surface area (Å²) in [6.07, 6.45) is 4.74. The van der Waals surface area contributed by atoms with E-state index in [4.69, 9.17) is 4.98 Å². The maximum absolute atomic E-state index is 13.5. The van der Waals surface area contributed by atoms with E-state index in [0.717, 1.165) is 54.2 Å². The molecule has 0 unspecified atom stereocenters. The monoisotopic (exact) mass is 378 g/mol. The highest BCUT2D eigenvalue weighted by Gasteiger charge is 2.30. The normalized spacial score (nSPS) is 22.4. The largest absolute Gasteiger partial charge is 0.298 e. The lowest BCUT2D eigenvalue weighted by Crippen LogP contribution is -2.34. The molecule has 1 aliphatic carbocycles. The summed E-state index contributed by atoms with van der Waals surface area (Å²) in [5, 5.41) is 7.55. The number of nitrogens with one attached hydrogen (secondary N) is 1. The van der Waals surface area contributed by atoms with Crippen molar-refractivity contribution >= 4 is 15.9 Å². The van der Waals surface area contributed by atoms with Crippen LogP contribution in [0.1, 0.15) is 54.7 Å². The van der Waals surface area contributed by atoms with E-state index in [2.05, 4.69) is 31.0 Å². The number of hydrogen-bond acceptors (Lipinski definition) is 3. The van der Waals surface area contributed by atoms with Gasteiger partial charge in [-0.3, -0.25) is 10.00 Å². The van der Waals surface area contributed by atoms with Gasteiger partial charge in [-0.25, -0.2) is 9.37 Å². The van der Waals surface area contributed by atoms with Gasteiger partial charge in [-0.05, 0) is 56.0 Å². The summed E-state index contributed by atoms with van der Waals surface area (Å²) in [5.41, 5.74) is 1.01. The van der Waals surface area contributed by atoms with Crippen LogP contribution in [0.2, 0.25) is 0 Å². The summed E-state index contributed by atoms with van der Waals surface area (Å²) in [5.74, 6) is 2.82. The maximum Gasteiger partial charge on any atom is 0.155 e. The average molecular weight is 379 g/mol. The highest BCUT2D eigenvalue weighted by atomic mass is 79.9. The Kier molecular flexibility index (Phi) is 4.20. The number of aromatic amines is 1. The molecule has 0 amide bonds. The van der Waals surface area contributed by atoms with E-state index in [-0.39, 0.29) is 5.82 Å². The standard InChI is InChI=1S/C17H20BrFN4/c18-14-6-11(7-15(19)8-14)9-23-5-1-2-13(10-23)17-20-16(21-22-17)12-3-4-12/h6-8,12-13H,1-5,9-10H2,(H,20,21,22)/t13-/m0/s1. The van der Waals surface area contributed by atoms with Crippen molar-refractivity contribution in [3.05, 3.63) is 45.7 Å². The summed E-state index contributed by atoms with van der Waals surface area (Å²) in [7, 11) is 0. The fourth-order valence-electron chi connectivity index (χ4n) is 3.38. The molecule has 2 aliphatic rings. The third-order valence-corrected chi connectivity index (χ3v) is 5.14. The van der Waals surface area contributed by atoms with E-state index >= 15 is 0 Å². The lowest BCUT2D eigenvalue weighted by atomic mass is 9.97. The molecule has 1 aromatic heterocycles. The molecule has 2 aromatic rings. The highest BCUT2D eigenvalue weighted by molar-refractivity contribution is 9.10. The number of rotatable bonds is 4. The molecular formula is C17H20BrFN4. The van der Waals surface area contributed by atoms with Crippen molar-refractivity contribution in [2.75, 3.05) is 13.1 Å². The lowest BCUT2D eigenvalue weighted by Gasteiger charge is -2.31. The zero-order valence-electron chi connectivity index (χ0n) is 12.9. The number of hydrogen-bond donors (Lipinski definition) is 1. The van der Waals surface area contributed by atoms with Crippen LogP contribution < -0.4 is 0 Å². The van der Waals surface area contributed by atoms with Crippen molar-refractivity contribution in [2.45, 2.75) is 44.1 Å². The van der Waals surface area contributed by atoms with Crippen LogP contribution in [0.25, 0.3) is 0 Å². The molecule has 1 saturated heterocycles. The van der Waals surface area contributed by atoms with E-state index in [1.54, 1.807) is 6.07 Å². The second-order valence-electron chi connectivity index (χ2n) is 6.71. The van der Waals surface area contributed by atoms with Gasteiger partial charge in [0.05, 0.1) is 0 Å². The Bertz CT molecular complexity index is 677. The zero-order valence-corrected chi connectivity index (χ0v) is 14.5. The molecule has 1 saturated carbocycles. The number of aromatic nitrogens is 3. The van der Waals surface area contributed by atoms with Gasteiger partial charge >= 0.3 is 0 Å². The van der Waals surface area contributed by atoms with E-state index in [1.807, 2.05) is 6.07 Å². The molecule has 4 rings (SSSR count). The Morgan fingerprint density at radius 1 is 1.22 bits per heavy atom. The van der Waals surface area contributed by atoms with Gasteiger partial charge in [0, 0.05) is 29.4 Å². The molecule has 1 N–H and O–H groups in total. The van der Waals surface area contributed by atoms with Crippen LogP contribution in [0.3, 0.4) is 0 Å². The molecule has 4 nitrogen and oxygen atoms in total. The van der Waals surface area contributed by atoms with Crippen molar-refractivity contribution in [1.82, 2.24) is 20.1 Å². The van der Waals surface area contributed by atoms with Gasteiger partial charge in [0.15, 0.2) is 5.82 Å². The molecule has 0 bridgehead atoms. The van der Waals surface area contributed by atoms with Gasteiger partial charge < -0.3 is 0 Å². The Hall–Kier alpha value is -1.27. The summed E-state index contributed by atoms with van der Waals surface area (Å²) >= 11 is 3.37. The fourth-order valence-corrected chi connectivity index (χ4v) is 3.89. The predicted molar refractivity (Wildman–Crippen MR) is 89.7 cm³/mol. The molecule has 122 valence electrons. The number of likely N-dealkylation sites (tertiary alicyclic amines) is 1. The first-order valence-corrected chi connectivity index (χ1v) is 9.06. The Balaban J connectivity index is 1.43. The summed E-state index contributed by atoms with van der Waals surface area (Å²) in [6, 6.07) is 5.10. The summed E-state index contributed by atoms with van der Waals surface area (Å²) in [4.78, 5) is 7.08. The minimum absolute atomic E-state index is 0.189. The predicted octanol–water partition coefficient (Wildman–Crippen LogP) is 3.96. The topological polar surface area (TPSA) is 44.8 Å². The van der Waals surface area contributed by atoms with Crippen molar-refractivity contribution in [3.63, 3.8) is 0 Å². The van der Waals surface area contributed by atoms with E-state index < -0.39 is 0 Å². The van der Waals surface area contributed by atoms with Gasteiger partial charge in [-0.15, -0.1) is 0 Å². The lowest BCUT2D eigenvalue weighted by molar-refractivity contribution is 0.196. The molecule has 1 aromatic carbocycles. The minimum atomic E-state index is -0.189. The van der Waals surface area contributed by atoms with E-state index in [9.17, 15) is 4.39 Å². The maximum atomic E-state index is 13.5. The molecule has 1 atom stereocenters. The molecule has 23 heavy (non-hydrogen) atoms. The molecule has 2 heterocycles. The first-order chi connectivity index (χ1) is 11.2. The SMILES string of the molecule is Fc1cc(Br)cc(CN2CCC[C@H](c3n[nH]c(C4CC4)n3)C2)c1. The van der Waals surface area contributed by atoms with E-state index in [1.165, 1.54) is 18.9 Å². The van der Waals surface area contributed by atoms with Crippen LogP contribution in [0, 0.1) is 5.82 Å². The molecule has 2 fully saturated rings. The van der Waals surface area contributed by atoms with Gasteiger partial charge in [0.25, 0.3) is 0 Å². The Morgan fingerprint density at radius 3 is 2.87 bits per heavy atom. The van der Waals surface area contributed by atoms with Crippen molar-refractivity contribution in [3.8, 4) is 0 Å². The molecular weight excluding hydrogens is 359 g/mol. The molecule has 6 heteroatoms. The molecule has 0 radical (unpaired) electrons. The van der Waals surface area contributed by atoms with E-state index in [0.29, 0.717) is 11.8 Å². The first-order valence-electron chi connectivity index (χ1n) is 8.27. The van der Waals surface area contributed by atoms with Crippen LogP contribution in [-0.4, -0.2) is 33.2 Å². The smallest absolute Gasteiger partial charge is 0.155 e. The molecule has 0 spiro atoms. The average Bonchev–Trinajstić information content (AvgIpc) is 3.24. The van der Waals surface area contributed by atoms with Crippen LogP contribution in [0.15, 0.2) is 22.7 Å². The first kappa shape index (κ1) is 15.3. The fraction of sp³-hybridized carbons (Fsp3) is 0.529. The van der Waals surface area contributed by atoms with Gasteiger partial charge in [-0.1, -0.05) is 15.9 Å². The van der Waals surface area contributed by atoms with Gasteiger partial charge in [0.2, 0.25) is 0 Å². The van der Waals surface area contributed by atoms with Gasteiger partial charge in [0.1, 0.15) is 11.6 Å².